The van der Waals surface area contributed by atoms with Crippen molar-refractivity contribution in [3.05, 3.63) is 176 Å². The highest BCUT2D eigenvalue weighted by atomic mass is 32.1. The van der Waals surface area contributed by atoms with E-state index in [9.17, 15) is 0 Å². The molecule has 0 N–H and O–H groups in total. The van der Waals surface area contributed by atoms with Crippen molar-refractivity contribution >= 4 is 43.4 Å². The Morgan fingerprint density at radius 2 is 0.942 bits per heavy atom. The Kier molecular flexibility index (Phi) is 7.25. The van der Waals surface area contributed by atoms with Crippen molar-refractivity contribution in [1.29, 1.82) is 0 Å². The van der Waals surface area contributed by atoms with Crippen LogP contribution in [0, 0.1) is 0 Å². The molecule has 0 saturated carbocycles. The molecular formula is C46H29N5S. The Labute approximate surface area is 304 Å². The minimum atomic E-state index is 0.639. The van der Waals surface area contributed by atoms with Gasteiger partial charge in [0.25, 0.3) is 0 Å². The van der Waals surface area contributed by atoms with Gasteiger partial charge in [-0.2, -0.15) is 0 Å². The molecule has 244 valence electrons. The largest absolute Gasteiger partial charge is 0.309 e. The lowest BCUT2D eigenvalue weighted by molar-refractivity contribution is 1.07. The van der Waals surface area contributed by atoms with Crippen LogP contribution in [0.2, 0.25) is 0 Å². The fourth-order valence-corrected chi connectivity index (χ4v) is 7.92. The Bertz CT molecular complexity index is 2800. The minimum absolute atomic E-state index is 0.639. The third-order valence-corrected chi connectivity index (χ3v) is 10.6. The summed E-state index contributed by atoms with van der Waals surface area (Å²) in [7, 11) is 0. The van der Waals surface area contributed by atoms with Crippen LogP contribution in [0.4, 0.5) is 0 Å². The maximum absolute atomic E-state index is 4.96. The maximum Gasteiger partial charge on any atom is 0.164 e. The summed E-state index contributed by atoms with van der Waals surface area (Å²) in [6, 6.07) is 61.1. The van der Waals surface area contributed by atoms with Crippen LogP contribution in [-0.2, 0) is 0 Å². The van der Waals surface area contributed by atoms with Gasteiger partial charge in [-0.1, -0.05) is 133 Å². The third kappa shape index (κ3) is 5.34. The van der Waals surface area contributed by atoms with Crippen LogP contribution in [0.3, 0.4) is 0 Å². The number of para-hydroxylation sites is 2. The standard InChI is InChI=1S/C46H29N5S/c1-3-12-31(13-4-1)43-48-44(32-14-5-2-6-15-32)50-45(49-43)34-17-11-16-33(28-34)30-22-25-36(26-23-30)51-40-20-9-7-18-37(40)38-27-24-35(29-41(38)51)46-47-39-19-8-10-21-42(39)52-46/h1-29H. The molecule has 0 aliphatic rings. The first-order valence-corrected chi connectivity index (χ1v) is 18.0. The first kappa shape index (κ1) is 30.1. The molecule has 0 spiro atoms. The van der Waals surface area contributed by atoms with Gasteiger partial charge in [-0.25, -0.2) is 19.9 Å². The quantitative estimate of drug-likeness (QED) is 0.175. The average Bonchev–Trinajstić information content (AvgIpc) is 3.81. The summed E-state index contributed by atoms with van der Waals surface area (Å²) in [6.07, 6.45) is 0. The van der Waals surface area contributed by atoms with Crippen LogP contribution >= 0.6 is 11.3 Å². The van der Waals surface area contributed by atoms with Crippen LogP contribution in [-0.4, -0.2) is 24.5 Å². The van der Waals surface area contributed by atoms with E-state index in [1.165, 1.54) is 21.0 Å². The van der Waals surface area contributed by atoms with E-state index >= 15 is 0 Å². The van der Waals surface area contributed by atoms with Crippen molar-refractivity contribution in [1.82, 2.24) is 24.5 Å². The van der Waals surface area contributed by atoms with Crippen molar-refractivity contribution in [2.24, 2.45) is 0 Å². The number of aromatic nitrogens is 5. The molecule has 0 saturated heterocycles. The molecule has 0 fully saturated rings. The average molecular weight is 684 g/mol. The first-order chi connectivity index (χ1) is 25.7. The second kappa shape index (κ2) is 12.5. The molecule has 3 aromatic heterocycles. The Balaban J connectivity index is 1.04. The van der Waals surface area contributed by atoms with E-state index in [4.69, 9.17) is 19.9 Å². The molecule has 7 aromatic carbocycles. The number of benzene rings is 7. The molecule has 0 bridgehead atoms. The smallest absolute Gasteiger partial charge is 0.164 e. The van der Waals surface area contributed by atoms with E-state index in [2.05, 4.69) is 114 Å². The summed E-state index contributed by atoms with van der Waals surface area (Å²) in [6.45, 7) is 0. The molecule has 0 aliphatic heterocycles. The van der Waals surface area contributed by atoms with E-state index in [0.717, 1.165) is 55.1 Å². The molecule has 0 unspecified atom stereocenters. The number of thiazole rings is 1. The number of hydrogen-bond donors (Lipinski definition) is 0. The zero-order chi connectivity index (χ0) is 34.4. The minimum Gasteiger partial charge on any atom is -0.309 e. The van der Waals surface area contributed by atoms with Crippen LogP contribution in [0.1, 0.15) is 0 Å². The van der Waals surface area contributed by atoms with Gasteiger partial charge >= 0.3 is 0 Å². The summed E-state index contributed by atoms with van der Waals surface area (Å²) in [5.74, 6) is 1.94. The van der Waals surface area contributed by atoms with E-state index in [-0.39, 0.29) is 0 Å². The Morgan fingerprint density at radius 1 is 0.365 bits per heavy atom. The predicted molar refractivity (Wildman–Crippen MR) is 215 cm³/mol. The monoisotopic (exact) mass is 683 g/mol. The molecule has 52 heavy (non-hydrogen) atoms. The normalized spacial score (nSPS) is 11.5. The van der Waals surface area contributed by atoms with E-state index in [1.54, 1.807) is 11.3 Å². The lowest BCUT2D eigenvalue weighted by atomic mass is 10.0. The maximum atomic E-state index is 4.96. The number of hydrogen-bond acceptors (Lipinski definition) is 5. The van der Waals surface area contributed by atoms with Crippen LogP contribution in [0.25, 0.3) is 93.6 Å². The van der Waals surface area contributed by atoms with Gasteiger partial charge in [-0.05, 0) is 53.6 Å². The Morgan fingerprint density at radius 3 is 1.67 bits per heavy atom. The van der Waals surface area contributed by atoms with Gasteiger partial charge in [0.2, 0.25) is 0 Å². The molecule has 0 amide bonds. The Hall–Kier alpha value is -6.76. The number of rotatable bonds is 6. The SMILES string of the molecule is c1ccc(-c2nc(-c3ccccc3)nc(-c3cccc(-c4ccc(-n5c6ccccc6c6ccc(-c7nc8ccccc8s7)cc65)cc4)c3)n2)cc1. The molecule has 3 heterocycles. The molecule has 10 rings (SSSR count). The molecule has 0 atom stereocenters. The third-order valence-electron chi connectivity index (χ3n) is 9.49. The molecule has 10 aromatic rings. The van der Waals surface area contributed by atoms with Gasteiger partial charge in [0.15, 0.2) is 17.5 Å². The van der Waals surface area contributed by atoms with Gasteiger partial charge in [-0.15, -0.1) is 11.3 Å². The van der Waals surface area contributed by atoms with Crippen molar-refractivity contribution in [2.75, 3.05) is 0 Å². The van der Waals surface area contributed by atoms with E-state index < -0.39 is 0 Å². The van der Waals surface area contributed by atoms with E-state index in [1.807, 2.05) is 66.7 Å². The first-order valence-electron chi connectivity index (χ1n) is 17.2. The van der Waals surface area contributed by atoms with Gasteiger partial charge in [-0.3, -0.25) is 0 Å². The van der Waals surface area contributed by atoms with Crippen LogP contribution in [0.5, 0.6) is 0 Å². The van der Waals surface area contributed by atoms with E-state index in [0.29, 0.717) is 17.5 Å². The summed E-state index contributed by atoms with van der Waals surface area (Å²) in [5, 5.41) is 3.48. The fraction of sp³-hybridized carbons (Fsp3) is 0. The van der Waals surface area contributed by atoms with Crippen molar-refractivity contribution in [3.63, 3.8) is 0 Å². The second-order valence-corrected chi connectivity index (χ2v) is 13.8. The lowest BCUT2D eigenvalue weighted by Crippen LogP contribution is -2.00. The summed E-state index contributed by atoms with van der Waals surface area (Å²) >= 11 is 1.73. The van der Waals surface area contributed by atoms with Crippen LogP contribution < -0.4 is 0 Å². The van der Waals surface area contributed by atoms with Crippen molar-refractivity contribution in [2.45, 2.75) is 0 Å². The van der Waals surface area contributed by atoms with Crippen LogP contribution in [0.15, 0.2) is 176 Å². The molecule has 6 heteroatoms. The summed E-state index contributed by atoms with van der Waals surface area (Å²) < 4.78 is 3.56. The number of fused-ring (bicyclic) bond motifs is 4. The predicted octanol–water partition coefficient (Wildman–Crippen LogP) is 11.9. The molecule has 0 radical (unpaired) electrons. The van der Waals surface area contributed by atoms with Crippen molar-refractivity contribution in [3.8, 4) is 61.5 Å². The highest BCUT2D eigenvalue weighted by Gasteiger charge is 2.16. The zero-order valence-corrected chi connectivity index (χ0v) is 28.7. The van der Waals surface area contributed by atoms with Gasteiger partial charge in [0.05, 0.1) is 21.3 Å². The highest BCUT2D eigenvalue weighted by molar-refractivity contribution is 7.21. The molecule has 5 nitrogen and oxygen atoms in total. The molecular weight excluding hydrogens is 655 g/mol. The second-order valence-electron chi connectivity index (χ2n) is 12.7. The summed E-state index contributed by atoms with van der Waals surface area (Å²) in [5.41, 5.74) is 10.6. The zero-order valence-electron chi connectivity index (χ0n) is 27.9. The topological polar surface area (TPSA) is 56.5 Å². The summed E-state index contributed by atoms with van der Waals surface area (Å²) in [4.78, 5) is 19.7. The lowest BCUT2D eigenvalue weighted by Gasteiger charge is -2.11. The van der Waals surface area contributed by atoms with Gasteiger partial charge in [0, 0.05) is 38.7 Å². The number of nitrogens with zero attached hydrogens (tertiary/aromatic N) is 5. The fourth-order valence-electron chi connectivity index (χ4n) is 6.96. The molecule has 0 aliphatic carbocycles. The van der Waals surface area contributed by atoms with Gasteiger partial charge in [0.1, 0.15) is 5.01 Å². The van der Waals surface area contributed by atoms with Crippen molar-refractivity contribution < 1.29 is 0 Å². The van der Waals surface area contributed by atoms with Gasteiger partial charge < -0.3 is 4.57 Å². The highest BCUT2D eigenvalue weighted by Crippen LogP contribution is 2.37.